The predicted octanol–water partition coefficient (Wildman–Crippen LogP) is 4.15. The molecule has 0 saturated carbocycles. The molecular formula is C22H26FN3O. The minimum absolute atomic E-state index is 0.233. The van der Waals surface area contributed by atoms with E-state index in [1.807, 2.05) is 6.08 Å². The SMILES string of the molecule is CCC1(CCNC(=O)C2CC=CC=C2F)NC2=CCCC=C2n2cccc21. The Morgan fingerprint density at radius 1 is 1.41 bits per heavy atom. The Kier molecular flexibility index (Phi) is 4.77. The van der Waals surface area contributed by atoms with Crippen molar-refractivity contribution in [1.29, 1.82) is 0 Å². The minimum atomic E-state index is -0.689. The van der Waals surface area contributed by atoms with Gasteiger partial charge in [-0.3, -0.25) is 4.79 Å². The summed E-state index contributed by atoms with van der Waals surface area (Å²) < 4.78 is 16.1. The van der Waals surface area contributed by atoms with E-state index in [1.165, 1.54) is 23.2 Å². The molecule has 2 unspecified atom stereocenters. The van der Waals surface area contributed by atoms with Crippen LogP contribution >= 0.6 is 0 Å². The van der Waals surface area contributed by atoms with Crippen LogP contribution in [0, 0.1) is 5.92 Å². The first-order chi connectivity index (χ1) is 13.1. The maximum absolute atomic E-state index is 13.9. The average Bonchev–Trinajstić information content (AvgIpc) is 3.19. The Morgan fingerprint density at radius 2 is 2.26 bits per heavy atom. The van der Waals surface area contributed by atoms with Gasteiger partial charge in [-0.15, -0.1) is 0 Å². The number of carbonyl (C=O) groups excluding carboxylic acids is 1. The number of amides is 1. The Bertz CT molecular complexity index is 861. The number of halogens is 1. The molecule has 5 heteroatoms. The third-order valence-electron chi connectivity index (χ3n) is 5.87. The second-order valence-corrected chi connectivity index (χ2v) is 7.42. The zero-order chi connectivity index (χ0) is 18.9. The Morgan fingerprint density at radius 3 is 3.07 bits per heavy atom. The molecule has 142 valence electrons. The van der Waals surface area contributed by atoms with Gasteiger partial charge in [0.05, 0.1) is 22.9 Å². The fraction of sp³-hybridized carbons (Fsp3) is 0.409. The van der Waals surface area contributed by atoms with Gasteiger partial charge in [-0.25, -0.2) is 4.39 Å². The van der Waals surface area contributed by atoms with Crippen molar-refractivity contribution < 1.29 is 9.18 Å². The molecule has 0 radical (unpaired) electrons. The van der Waals surface area contributed by atoms with Gasteiger partial charge in [0.25, 0.3) is 0 Å². The van der Waals surface area contributed by atoms with Crippen molar-refractivity contribution >= 4 is 11.6 Å². The number of rotatable bonds is 5. The molecule has 2 atom stereocenters. The highest BCUT2D eigenvalue weighted by molar-refractivity contribution is 5.81. The Balaban J connectivity index is 1.49. The number of hydrogen-bond acceptors (Lipinski definition) is 2. The van der Waals surface area contributed by atoms with E-state index in [0.29, 0.717) is 13.0 Å². The molecule has 0 bridgehead atoms. The van der Waals surface area contributed by atoms with Crippen molar-refractivity contribution in [2.24, 2.45) is 5.92 Å². The number of fused-ring (bicyclic) bond motifs is 3. The molecule has 1 aromatic rings. The smallest absolute Gasteiger partial charge is 0.230 e. The van der Waals surface area contributed by atoms with Crippen molar-refractivity contribution in [3.8, 4) is 0 Å². The van der Waals surface area contributed by atoms with Crippen molar-refractivity contribution in [3.05, 3.63) is 65.9 Å². The number of hydrogen-bond donors (Lipinski definition) is 2. The molecule has 2 heterocycles. The largest absolute Gasteiger partial charge is 0.373 e. The van der Waals surface area contributed by atoms with Gasteiger partial charge in [-0.1, -0.05) is 31.2 Å². The van der Waals surface area contributed by atoms with Gasteiger partial charge in [0.2, 0.25) is 5.91 Å². The van der Waals surface area contributed by atoms with E-state index < -0.39 is 5.92 Å². The molecule has 27 heavy (non-hydrogen) atoms. The molecule has 0 spiro atoms. The standard InChI is InChI=1S/C22H26FN3O/c1-2-22(13-14-24-21(27)16-8-3-4-9-17(16)23)20-12-7-15-26(20)19-11-6-5-10-18(19)25-22/h3-4,7,9-12,15-16,25H,2,5-6,8,13-14H2,1H3,(H,24,27). The number of nitrogens with zero attached hydrogens (tertiary/aromatic N) is 1. The second-order valence-electron chi connectivity index (χ2n) is 7.42. The van der Waals surface area contributed by atoms with E-state index in [9.17, 15) is 9.18 Å². The van der Waals surface area contributed by atoms with Crippen LogP contribution in [0.3, 0.4) is 0 Å². The maximum atomic E-state index is 13.9. The van der Waals surface area contributed by atoms with E-state index in [-0.39, 0.29) is 17.3 Å². The molecule has 2 aliphatic carbocycles. The third-order valence-corrected chi connectivity index (χ3v) is 5.87. The van der Waals surface area contributed by atoms with Crippen LogP contribution < -0.4 is 10.6 Å². The molecule has 2 N–H and O–H groups in total. The van der Waals surface area contributed by atoms with Crippen LogP contribution in [0.1, 0.15) is 44.7 Å². The van der Waals surface area contributed by atoms with Gasteiger partial charge in [-0.05, 0) is 50.3 Å². The van der Waals surface area contributed by atoms with Crippen LogP contribution in [0.4, 0.5) is 4.39 Å². The molecule has 0 fully saturated rings. The van der Waals surface area contributed by atoms with E-state index in [1.54, 1.807) is 6.08 Å². The van der Waals surface area contributed by atoms with Crippen LogP contribution in [0.5, 0.6) is 0 Å². The zero-order valence-corrected chi connectivity index (χ0v) is 15.7. The Labute approximate surface area is 159 Å². The molecule has 0 saturated heterocycles. The lowest BCUT2D eigenvalue weighted by molar-refractivity contribution is -0.124. The van der Waals surface area contributed by atoms with Crippen LogP contribution in [0.2, 0.25) is 0 Å². The number of aromatic nitrogens is 1. The van der Waals surface area contributed by atoms with Gasteiger partial charge in [0.1, 0.15) is 5.83 Å². The zero-order valence-electron chi connectivity index (χ0n) is 15.7. The number of allylic oxidation sites excluding steroid dienone is 6. The summed E-state index contributed by atoms with van der Waals surface area (Å²) >= 11 is 0. The summed E-state index contributed by atoms with van der Waals surface area (Å²) in [6, 6.07) is 4.23. The summed E-state index contributed by atoms with van der Waals surface area (Å²) in [5.41, 5.74) is 3.37. The first-order valence-corrected chi connectivity index (χ1v) is 9.81. The monoisotopic (exact) mass is 367 g/mol. The average molecular weight is 367 g/mol. The molecule has 1 aliphatic heterocycles. The second kappa shape index (κ2) is 7.22. The highest BCUT2D eigenvalue weighted by Crippen LogP contribution is 2.39. The van der Waals surface area contributed by atoms with E-state index in [4.69, 9.17) is 0 Å². The summed E-state index contributed by atoms with van der Waals surface area (Å²) in [7, 11) is 0. The van der Waals surface area contributed by atoms with Crippen molar-refractivity contribution in [1.82, 2.24) is 15.2 Å². The van der Waals surface area contributed by atoms with Crippen LogP contribution in [-0.2, 0) is 10.3 Å². The molecular weight excluding hydrogens is 341 g/mol. The number of carbonyl (C=O) groups is 1. The van der Waals surface area contributed by atoms with Crippen molar-refractivity contribution in [3.63, 3.8) is 0 Å². The lowest BCUT2D eigenvalue weighted by Gasteiger charge is -2.43. The van der Waals surface area contributed by atoms with Crippen molar-refractivity contribution in [2.45, 2.75) is 44.6 Å². The summed E-state index contributed by atoms with van der Waals surface area (Å²) in [4.78, 5) is 12.4. The molecule has 1 amide bonds. The highest BCUT2D eigenvalue weighted by atomic mass is 19.1. The topological polar surface area (TPSA) is 46.1 Å². The minimum Gasteiger partial charge on any atom is -0.373 e. The first-order valence-electron chi connectivity index (χ1n) is 9.81. The highest BCUT2D eigenvalue weighted by Gasteiger charge is 2.38. The van der Waals surface area contributed by atoms with Gasteiger partial charge in [-0.2, -0.15) is 0 Å². The van der Waals surface area contributed by atoms with E-state index in [0.717, 1.165) is 25.7 Å². The lowest BCUT2D eigenvalue weighted by Crippen LogP contribution is -2.49. The molecule has 4 nitrogen and oxygen atoms in total. The fourth-order valence-electron chi connectivity index (χ4n) is 4.30. The number of nitrogens with one attached hydrogen (secondary N) is 2. The van der Waals surface area contributed by atoms with Gasteiger partial charge < -0.3 is 15.2 Å². The van der Waals surface area contributed by atoms with E-state index in [2.05, 4.69) is 52.6 Å². The quantitative estimate of drug-likeness (QED) is 0.821. The molecule has 4 rings (SSSR count). The van der Waals surface area contributed by atoms with Gasteiger partial charge in [0, 0.05) is 18.4 Å². The summed E-state index contributed by atoms with van der Waals surface area (Å²) in [6.45, 7) is 2.67. The van der Waals surface area contributed by atoms with Gasteiger partial charge in [0.15, 0.2) is 0 Å². The van der Waals surface area contributed by atoms with Crippen LogP contribution in [0.25, 0.3) is 5.70 Å². The predicted molar refractivity (Wildman–Crippen MR) is 105 cm³/mol. The first kappa shape index (κ1) is 17.8. The summed E-state index contributed by atoms with van der Waals surface area (Å²) in [6.07, 6.45) is 15.7. The maximum Gasteiger partial charge on any atom is 0.230 e. The molecule has 1 aromatic heterocycles. The van der Waals surface area contributed by atoms with Gasteiger partial charge >= 0.3 is 0 Å². The summed E-state index contributed by atoms with van der Waals surface area (Å²) in [5, 5.41) is 6.69. The molecule has 0 aromatic carbocycles. The lowest BCUT2D eigenvalue weighted by atomic mass is 9.84. The Hall–Kier alpha value is -2.56. The van der Waals surface area contributed by atoms with Crippen molar-refractivity contribution in [2.75, 3.05) is 6.54 Å². The van der Waals surface area contributed by atoms with Crippen LogP contribution in [0.15, 0.2) is 60.2 Å². The third kappa shape index (κ3) is 3.15. The fourth-order valence-corrected chi connectivity index (χ4v) is 4.30. The van der Waals surface area contributed by atoms with Crippen LogP contribution in [-0.4, -0.2) is 17.0 Å². The van der Waals surface area contributed by atoms with E-state index >= 15 is 0 Å². The molecule has 3 aliphatic rings. The summed E-state index contributed by atoms with van der Waals surface area (Å²) in [5.74, 6) is -1.28. The normalized spacial score (nSPS) is 26.1.